The molecule has 0 fully saturated rings. The Morgan fingerprint density at radius 2 is 2.29 bits per heavy atom. The lowest BCUT2D eigenvalue weighted by molar-refractivity contribution is -0.121. The summed E-state index contributed by atoms with van der Waals surface area (Å²) in [5.41, 5.74) is 2.60. The van der Waals surface area contributed by atoms with Gasteiger partial charge in [0.15, 0.2) is 0 Å². The highest BCUT2D eigenvalue weighted by Gasteiger charge is 2.19. The van der Waals surface area contributed by atoms with Crippen LogP contribution in [0.5, 0.6) is 0 Å². The fourth-order valence-electron chi connectivity index (χ4n) is 2.44. The van der Waals surface area contributed by atoms with Crippen LogP contribution < -0.4 is 10.6 Å². The number of amides is 1. The van der Waals surface area contributed by atoms with Crippen molar-refractivity contribution in [1.29, 1.82) is 0 Å². The molecule has 0 aromatic heterocycles. The van der Waals surface area contributed by atoms with E-state index in [4.69, 9.17) is 0 Å². The number of carbonyl (C=O) groups excluding carboxylic acids is 1. The Hall–Kier alpha value is -1.51. The van der Waals surface area contributed by atoms with Crippen molar-refractivity contribution < 1.29 is 4.79 Å². The van der Waals surface area contributed by atoms with E-state index in [-0.39, 0.29) is 5.91 Å². The van der Waals surface area contributed by atoms with Gasteiger partial charge in [-0.3, -0.25) is 4.79 Å². The molecule has 1 unspecified atom stereocenters. The number of nitrogens with one attached hydrogen (secondary N) is 2. The second-order valence-corrected chi connectivity index (χ2v) is 4.49. The standard InChI is InChI=1S/C14H20N2O/c1-2-15-14(17)8-7-11-9-10-16-13-6-4-3-5-12(11)13/h3-6,11,16H,2,7-10H2,1H3,(H,15,17). The third-order valence-corrected chi connectivity index (χ3v) is 3.30. The van der Waals surface area contributed by atoms with E-state index >= 15 is 0 Å². The summed E-state index contributed by atoms with van der Waals surface area (Å²) in [5, 5.41) is 6.26. The van der Waals surface area contributed by atoms with Crippen LogP contribution in [-0.2, 0) is 4.79 Å². The molecule has 1 atom stereocenters. The molecule has 0 saturated carbocycles. The quantitative estimate of drug-likeness (QED) is 0.837. The predicted octanol–water partition coefficient (Wildman–Crippen LogP) is 2.50. The van der Waals surface area contributed by atoms with E-state index in [0.717, 1.165) is 25.9 Å². The van der Waals surface area contributed by atoms with Crippen LogP contribution in [0.25, 0.3) is 0 Å². The average Bonchev–Trinajstić information content (AvgIpc) is 2.36. The fraction of sp³-hybridized carbons (Fsp3) is 0.500. The van der Waals surface area contributed by atoms with Gasteiger partial charge in [0.25, 0.3) is 0 Å². The molecular formula is C14H20N2O. The number of rotatable bonds is 4. The van der Waals surface area contributed by atoms with Crippen molar-refractivity contribution in [2.75, 3.05) is 18.4 Å². The third kappa shape index (κ3) is 2.99. The summed E-state index contributed by atoms with van der Waals surface area (Å²) < 4.78 is 0. The Bertz CT molecular complexity index is 390. The molecule has 0 bridgehead atoms. The van der Waals surface area contributed by atoms with Crippen LogP contribution in [0.3, 0.4) is 0 Å². The first-order valence-electron chi connectivity index (χ1n) is 6.40. The lowest BCUT2D eigenvalue weighted by Gasteiger charge is -2.26. The Morgan fingerprint density at radius 1 is 1.47 bits per heavy atom. The number of benzene rings is 1. The molecule has 17 heavy (non-hydrogen) atoms. The summed E-state index contributed by atoms with van der Waals surface area (Å²) in [5.74, 6) is 0.693. The van der Waals surface area contributed by atoms with Gasteiger partial charge in [-0.25, -0.2) is 0 Å². The van der Waals surface area contributed by atoms with Crippen LogP contribution in [0, 0.1) is 0 Å². The second-order valence-electron chi connectivity index (χ2n) is 4.49. The van der Waals surface area contributed by atoms with E-state index in [9.17, 15) is 4.79 Å². The topological polar surface area (TPSA) is 41.1 Å². The maximum absolute atomic E-state index is 11.5. The van der Waals surface area contributed by atoms with Crippen LogP contribution in [0.4, 0.5) is 5.69 Å². The van der Waals surface area contributed by atoms with E-state index in [1.54, 1.807) is 0 Å². The molecule has 2 N–H and O–H groups in total. The lowest BCUT2D eigenvalue weighted by atomic mass is 9.87. The smallest absolute Gasteiger partial charge is 0.220 e. The predicted molar refractivity (Wildman–Crippen MR) is 70.2 cm³/mol. The molecule has 1 aliphatic heterocycles. The summed E-state index contributed by atoms with van der Waals surface area (Å²) in [6, 6.07) is 8.42. The van der Waals surface area contributed by atoms with Gasteiger partial charge < -0.3 is 10.6 Å². The van der Waals surface area contributed by atoms with Crippen LogP contribution in [0.2, 0.25) is 0 Å². The highest BCUT2D eigenvalue weighted by Crippen LogP contribution is 2.34. The minimum atomic E-state index is 0.170. The monoisotopic (exact) mass is 232 g/mol. The van der Waals surface area contributed by atoms with Crippen molar-refractivity contribution in [2.24, 2.45) is 0 Å². The van der Waals surface area contributed by atoms with Crippen LogP contribution >= 0.6 is 0 Å². The van der Waals surface area contributed by atoms with Gasteiger partial charge >= 0.3 is 0 Å². The number of fused-ring (bicyclic) bond motifs is 1. The first-order valence-corrected chi connectivity index (χ1v) is 6.40. The first kappa shape index (κ1) is 12.0. The molecule has 1 aliphatic rings. The van der Waals surface area contributed by atoms with Gasteiger partial charge in [0, 0.05) is 25.2 Å². The van der Waals surface area contributed by atoms with Crippen molar-refractivity contribution in [3.63, 3.8) is 0 Å². The van der Waals surface area contributed by atoms with Crippen LogP contribution in [0.15, 0.2) is 24.3 Å². The summed E-state index contributed by atoms with van der Waals surface area (Å²) in [6.07, 6.45) is 2.70. The molecule has 3 heteroatoms. The van der Waals surface area contributed by atoms with E-state index in [2.05, 4.69) is 34.9 Å². The summed E-state index contributed by atoms with van der Waals surface area (Å²) >= 11 is 0. The van der Waals surface area contributed by atoms with Gasteiger partial charge in [0.2, 0.25) is 5.91 Å². The minimum absolute atomic E-state index is 0.170. The highest BCUT2D eigenvalue weighted by molar-refractivity contribution is 5.75. The SMILES string of the molecule is CCNC(=O)CCC1CCNc2ccccc21. The van der Waals surface area contributed by atoms with Crippen molar-refractivity contribution in [1.82, 2.24) is 5.32 Å². The maximum Gasteiger partial charge on any atom is 0.220 e. The molecule has 0 radical (unpaired) electrons. The zero-order chi connectivity index (χ0) is 12.1. The molecule has 1 aromatic carbocycles. The largest absolute Gasteiger partial charge is 0.385 e. The molecule has 2 rings (SSSR count). The van der Waals surface area contributed by atoms with Gasteiger partial charge in [-0.1, -0.05) is 18.2 Å². The molecule has 1 heterocycles. The number of hydrogen-bond donors (Lipinski definition) is 2. The molecule has 3 nitrogen and oxygen atoms in total. The zero-order valence-corrected chi connectivity index (χ0v) is 10.3. The van der Waals surface area contributed by atoms with Crippen molar-refractivity contribution in [2.45, 2.75) is 32.1 Å². The number of anilines is 1. The molecule has 1 amide bonds. The van der Waals surface area contributed by atoms with Gasteiger partial charge in [-0.2, -0.15) is 0 Å². The maximum atomic E-state index is 11.5. The number of carbonyl (C=O) groups is 1. The Labute approximate surface area is 103 Å². The van der Waals surface area contributed by atoms with Gasteiger partial charge in [-0.05, 0) is 37.3 Å². The van der Waals surface area contributed by atoms with Gasteiger partial charge in [-0.15, -0.1) is 0 Å². The highest BCUT2D eigenvalue weighted by atomic mass is 16.1. The zero-order valence-electron chi connectivity index (χ0n) is 10.3. The van der Waals surface area contributed by atoms with E-state index in [1.165, 1.54) is 11.3 Å². The molecule has 0 aliphatic carbocycles. The first-order chi connectivity index (χ1) is 8.31. The van der Waals surface area contributed by atoms with Crippen LogP contribution in [0.1, 0.15) is 37.7 Å². The fourth-order valence-corrected chi connectivity index (χ4v) is 2.44. The Morgan fingerprint density at radius 3 is 3.12 bits per heavy atom. The minimum Gasteiger partial charge on any atom is -0.385 e. The Kier molecular flexibility index (Phi) is 4.02. The van der Waals surface area contributed by atoms with Gasteiger partial charge in [0.1, 0.15) is 0 Å². The van der Waals surface area contributed by atoms with Crippen molar-refractivity contribution in [3.8, 4) is 0 Å². The molecule has 0 saturated heterocycles. The summed E-state index contributed by atoms with van der Waals surface area (Å²) in [4.78, 5) is 11.5. The number of para-hydroxylation sites is 1. The average molecular weight is 232 g/mol. The van der Waals surface area contributed by atoms with Crippen molar-refractivity contribution >= 4 is 11.6 Å². The Balaban J connectivity index is 1.97. The lowest BCUT2D eigenvalue weighted by Crippen LogP contribution is -2.24. The second kappa shape index (κ2) is 5.71. The molecule has 1 aromatic rings. The summed E-state index contributed by atoms with van der Waals surface area (Å²) in [7, 11) is 0. The summed E-state index contributed by atoms with van der Waals surface area (Å²) in [6.45, 7) is 3.69. The van der Waals surface area contributed by atoms with Crippen LogP contribution in [-0.4, -0.2) is 19.0 Å². The van der Waals surface area contributed by atoms with E-state index < -0.39 is 0 Å². The van der Waals surface area contributed by atoms with E-state index in [0.29, 0.717) is 12.3 Å². The molecule has 0 spiro atoms. The van der Waals surface area contributed by atoms with Gasteiger partial charge in [0.05, 0.1) is 0 Å². The normalized spacial score (nSPS) is 18.1. The molecule has 92 valence electrons. The van der Waals surface area contributed by atoms with Crippen molar-refractivity contribution in [3.05, 3.63) is 29.8 Å². The number of hydrogen-bond acceptors (Lipinski definition) is 2. The third-order valence-electron chi connectivity index (χ3n) is 3.30. The van der Waals surface area contributed by atoms with E-state index in [1.807, 2.05) is 6.92 Å². The molecular weight excluding hydrogens is 212 g/mol.